The van der Waals surface area contributed by atoms with Crippen molar-refractivity contribution in [3.8, 4) is 0 Å². The van der Waals surface area contributed by atoms with E-state index in [2.05, 4.69) is 10.5 Å². The molecule has 3 aromatic rings. The Labute approximate surface area is 120 Å². The summed E-state index contributed by atoms with van der Waals surface area (Å²) in [5.74, 6) is 4.41. The Morgan fingerprint density at radius 1 is 1.19 bits per heavy atom. The molecule has 1 unspecified atom stereocenters. The Hall–Kier alpha value is -2.31. The third kappa shape index (κ3) is 2.76. The standard InChI is InChI=1S/C15H14F2N4/c16-11-5-10(6-12(17)8-11)7-14(20-18)13-9-19-21-4-2-1-3-15(13)21/h1-6,8-9,14,20H,7,18H2. The van der Waals surface area contributed by atoms with E-state index in [1.54, 1.807) is 10.7 Å². The molecule has 0 aliphatic carbocycles. The van der Waals surface area contributed by atoms with Gasteiger partial charge in [0.1, 0.15) is 11.6 Å². The zero-order valence-corrected chi connectivity index (χ0v) is 11.1. The summed E-state index contributed by atoms with van der Waals surface area (Å²) in [6, 6.07) is 8.86. The van der Waals surface area contributed by atoms with E-state index in [4.69, 9.17) is 5.84 Å². The second-order valence-corrected chi connectivity index (χ2v) is 4.83. The van der Waals surface area contributed by atoms with Gasteiger partial charge < -0.3 is 0 Å². The van der Waals surface area contributed by atoms with Gasteiger partial charge in [-0.3, -0.25) is 11.3 Å². The summed E-state index contributed by atoms with van der Waals surface area (Å²) in [6.45, 7) is 0. The van der Waals surface area contributed by atoms with E-state index in [0.29, 0.717) is 12.0 Å². The molecule has 21 heavy (non-hydrogen) atoms. The number of benzene rings is 1. The lowest BCUT2D eigenvalue weighted by atomic mass is 10.0. The highest BCUT2D eigenvalue weighted by Crippen LogP contribution is 2.23. The molecule has 0 aliphatic heterocycles. The first-order valence-corrected chi connectivity index (χ1v) is 6.51. The molecule has 0 saturated carbocycles. The summed E-state index contributed by atoms with van der Waals surface area (Å²) in [5.41, 5.74) is 5.00. The highest BCUT2D eigenvalue weighted by molar-refractivity contribution is 5.55. The third-order valence-corrected chi connectivity index (χ3v) is 3.40. The van der Waals surface area contributed by atoms with Crippen LogP contribution in [0.4, 0.5) is 8.78 Å². The number of hydrazine groups is 1. The molecular weight excluding hydrogens is 274 g/mol. The molecule has 2 aromatic heterocycles. The van der Waals surface area contributed by atoms with Crippen molar-refractivity contribution in [1.82, 2.24) is 15.0 Å². The smallest absolute Gasteiger partial charge is 0.126 e. The van der Waals surface area contributed by atoms with Crippen molar-refractivity contribution >= 4 is 5.52 Å². The molecule has 1 aromatic carbocycles. The maximum absolute atomic E-state index is 13.3. The van der Waals surface area contributed by atoms with Crippen molar-refractivity contribution in [2.75, 3.05) is 0 Å². The van der Waals surface area contributed by atoms with Gasteiger partial charge in [0.2, 0.25) is 0 Å². The highest BCUT2D eigenvalue weighted by Gasteiger charge is 2.16. The molecule has 2 heterocycles. The summed E-state index contributed by atoms with van der Waals surface area (Å²) in [4.78, 5) is 0. The number of rotatable bonds is 4. The van der Waals surface area contributed by atoms with Gasteiger partial charge in [0, 0.05) is 17.8 Å². The molecular formula is C15H14F2N4. The van der Waals surface area contributed by atoms with E-state index in [-0.39, 0.29) is 6.04 Å². The van der Waals surface area contributed by atoms with E-state index in [9.17, 15) is 8.78 Å². The molecule has 4 nitrogen and oxygen atoms in total. The largest absolute Gasteiger partial charge is 0.271 e. The van der Waals surface area contributed by atoms with Gasteiger partial charge in [-0.2, -0.15) is 5.10 Å². The summed E-state index contributed by atoms with van der Waals surface area (Å²) in [6.07, 6.45) is 3.89. The van der Waals surface area contributed by atoms with Crippen LogP contribution >= 0.6 is 0 Å². The average molecular weight is 288 g/mol. The maximum Gasteiger partial charge on any atom is 0.126 e. The summed E-state index contributed by atoms with van der Waals surface area (Å²) < 4.78 is 28.3. The van der Waals surface area contributed by atoms with Crippen molar-refractivity contribution in [1.29, 1.82) is 0 Å². The van der Waals surface area contributed by atoms with Gasteiger partial charge in [0.05, 0.1) is 17.8 Å². The molecule has 6 heteroatoms. The fourth-order valence-corrected chi connectivity index (χ4v) is 2.45. The minimum Gasteiger partial charge on any atom is -0.271 e. The van der Waals surface area contributed by atoms with Crippen molar-refractivity contribution < 1.29 is 8.78 Å². The normalized spacial score (nSPS) is 12.7. The zero-order valence-electron chi connectivity index (χ0n) is 11.1. The SMILES string of the molecule is NNC(Cc1cc(F)cc(F)c1)c1cnn2ccccc12. The molecule has 0 bridgehead atoms. The van der Waals surface area contributed by atoms with Crippen LogP contribution in [0.3, 0.4) is 0 Å². The van der Waals surface area contributed by atoms with Crippen LogP contribution in [0.25, 0.3) is 5.52 Å². The lowest BCUT2D eigenvalue weighted by molar-refractivity contribution is 0.542. The monoisotopic (exact) mass is 288 g/mol. The van der Waals surface area contributed by atoms with Gasteiger partial charge in [0.25, 0.3) is 0 Å². The maximum atomic E-state index is 13.3. The lowest BCUT2D eigenvalue weighted by Gasteiger charge is -2.15. The minimum absolute atomic E-state index is 0.286. The van der Waals surface area contributed by atoms with Gasteiger partial charge in [0.15, 0.2) is 0 Å². The number of halogens is 2. The quantitative estimate of drug-likeness (QED) is 0.572. The number of hydrogen-bond donors (Lipinski definition) is 2. The molecule has 0 amide bonds. The Bertz CT molecular complexity index is 749. The second kappa shape index (κ2) is 5.59. The molecule has 0 saturated heterocycles. The fraction of sp³-hybridized carbons (Fsp3) is 0.133. The first kappa shape index (κ1) is 13.7. The topological polar surface area (TPSA) is 55.3 Å². The van der Waals surface area contributed by atoms with Crippen LogP contribution in [0.2, 0.25) is 0 Å². The van der Waals surface area contributed by atoms with Crippen LogP contribution in [-0.4, -0.2) is 9.61 Å². The summed E-state index contributed by atoms with van der Waals surface area (Å²) in [7, 11) is 0. The highest BCUT2D eigenvalue weighted by atomic mass is 19.1. The number of pyridine rings is 1. The molecule has 0 spiro atoms. The van der Waals surface area contributed by atoms with Gasteiger partial charge in [-0.05, 0) is 36.2 Å². The second-order valence-electron chi connectivity index (χ2n) is 4.83. The fourth-order valence-electron chi connectivity index (χ4n) is 2.45. The predicted molar refractivity (Wildman–Crippen MR) is 75.3 cm³/mol. The van der Waals surface area contributed by atoms with Crippen molar-refractivity contribution in [3.05, 3.63) is 71.6 Å². The number of nitrogens with zero attached hydrogens (tertiary/aromatic N) is 2. The van der Waals surface area contributed by atoms with Crippen LogP contribution in [0, 0.1) is 11.6 Å². The Balaban J connectivity index is 1.95. The molecule has 1 atom stereocenters. The van der Waals surface area contributed by atoms with E-state index >= 15 is 0 Å². The van der Waals surface area contributed by atoms with Crippen molar-refractivity contribution in [3.63, 3.8) is 0 Å². The number of aromatic nitrogens is 2. The Morgan fingerprint density at radius 3 is 2.67 bits per heavy atom. The van der Waals surface area contributed by atoms with E-state index in [1.807, 2.05) is 24.4 Å². The van der Waals surface area contributed by atoms with Gasteiger partial charge in [-0.25, -0.2) is 13.3 Å². The minimum atomic E-state index is -0.597. The third-order valence-electron chi connectivity index (χ3n) is 3.40. The number of nitrogens with two attached hydrogens (primary N) is 1. The first-order valence-electron chi connectivity index (χ1n) is 6.51. The number of fused-ring (bicyclic) bond motifs is 1. The first-order chi connectivity index (χ1) is 10.2. The van der Waals surface area contributed by atoms with Crippen LogP contribution in [0.15, 0.2) is 48.8 Å². The average Bonchev–Trinajstić information content (AvgIpc) is 2.87. The van der Waals surface area contributed by atoms with E-state index < -0.39 is 11.6 Å². The van der Waals surface area contributed by atoms with Gasteiger partial charge >= 0.3 is 0 Å². The van der Waals surface area contributed by atoms with Crippen LogP contribution in [0.1, 0.15) is 17.2 Å². The summed E-state index contributed by atoms with van der Waals surface area (Å²) >= 11 is 0. The van der Waals surface area contributed by atoms with Crippen LogP contribution < -0.4 is 11.3 Å². The van der Waals surface area contributed by atoms with E-state index in [1.165, 1.54) is 12.1 Å². The Morgan fingerprint density at radius 2 is 1.95 bits per heavy atom. The van der Waals surface area contributed by atoms with Crippen molar-refractivity contribution in [2.24, 2.45) is 5.84 Å². The molecule has 108 valence electrons. The number of nitrogens with one attached hydrogen (secondary N) is 1. The van der Waals surface area contributed by atoms with E-state index in [0.717, 1.165) is 17.1 Å². The van der Waals surface area contributed by atoms with Gasteiger partial charge in [-0.15, -0.1) is 0 Å². The summed E-state index contributed by atoms with van der Waals surface area (Å²) in [5, 5.41) is 4.24. The van der Waals surface area contributed by atoms with Crippen LogP contribution in [-0.2, 0) is 6.42 Å². The molecule has 0 aliphatic rings. The van der Waals surface area contributed by atoms with Gasteiger partial charge in [-0.1, -0.05) is 6.07 Å². The van der Waals surface area contributed by atoms with Crippen molar-refractivity contribution in [2.45, 2.75) is 12.5 Å². The molecule has 3 N–H and O–H groups in total. The Kier molecular flexibility index (Phi) is 3.64. The molecule has 0 fully saturated rings. The predicted octanol–water partition coefficient (Wildman–Crippen LogP) is 2.36. The molecule has 0 radical (unpaired) electrons. The lowest BCUT2D eigenvalue weighted by Crippen LogP contribution is -2.29. The molecule has 3 rings (SSSR count). The zero-order chi connectivity index (χ0) is 14.8. The number of hydrogen-bond acceptors (Lipinski definition) is 3. The van der Waals surface area contributed by atoms with Crippen LogP contribution in [0.5, 0.6) is 0 Å².